The van der Waals surface area contributed by atoms with Crippen LogP contribution >= 0.6 is 0 Å². The van der Waals surface area contributed by atoms with Gasteiger partial charge in [-0.2, -0.15) is 17.6 Å². The maximum absolute atomic E-state index is 13.5. The van der Waals surface area contributed by atoms with Gasteiger partial charge >= 0.3 is 18.5 Å². The van der Waals surface area contributed by atoms with Gasteiger partial charge in [-0.25, -0.2) is 9.47 Å². The van der Waals surface area contributed by atoms with Crippen LogP contribution in [0, 0.1) is 0 Å². The van der Waals surface area contributed by atoms with E-state index in [-0.39, 0.29) is 39.5 Å². The van der Waals surface area contributed by atoms with Gasteiger partial charge in [-0.3, -0.25) is 0 Å². The highest BCUT2D eigenvalue weighted by molar-refractivity contribution is 4.59. The van der Waals surface area contributed by atoms with Gasteiger partial charge in [0.25, 0.3) is 0 Å². The van der Waals surface area contributed by atoms with Crippen molar-refractivity contribution in [3.05, 3.63) is 0 Å². The summed E-state index contributed by atoms with van der Waals surface area (Å²) in [6, 6.07) is 0. The van der Waals surface area contributed by atoms with Crippen molar-refractivity contribution < 1.29 is 70.1 Å². The third-order valence-electron chi connectivity index (χ3n) is 3.72. The lowest BCUT2D eigenvalue weighted by atomic mass is 10.2. The van der Waals surface area contributed by atoms with E-state index >= 15 is 0 Å². The highest BCUT2D eigenvalue weighted by Gasteiger charge is 2.52. The first-order valence-electron chi connectivity index (χ1n) is 10.6. The molecule has 3 N–H and O–H groups in total. The van der Waals surface area contributed by atoms with Crippen LogP contribution in [0.4, 0.5) is 26.3 Å². The fourth-order valence-electron chi connectivity index (χ4n) is 2.23. The van der Waals surface area contributed by atoms with Gasteiger partial charge in [-0.15, -0.1) is 8.78 Å². The lowest BCUT2D eigenvalue weighted by molar-refractivity contribution is -0.518. The topological polar surface area (TPSA) is 116 Å². The third kappa shape index (κ3) is 19.5. The molecule has 9 nitrogen and oxygen atoms in total. The number of unbranched alkanes of at least 4 members (excludes halogenated alkanes) is 1. The molecule has 0 aromatic heterocycles. The first kappa shape index (κ1) is 33.2. The maximum Gasteiger partial charge on any atom is 0.495 e. The molecular formula is C19H34F6O9. The number of ether oxygens (including phenoxy) is 6. The van der Waals surface area contributed by atoms with Crippen LogP contribution in [0.3, 0.4) is 0 Å². The van der Waals surface area contributed by atoms with Gasteiger partial charge in [0.15, 0.2) is 0 Å². The fraction of sp³-hybridized carbons (Fsp3) is 1.00. The molecule has 0 saturated carbocycles. The van der Waals surface area contributed by atoms with Crippen LogP contribution < -0.4 is 0 Å². The van der Waals surface area contributed by atoms with E-state index in [1.54, 1.807) is 0 Å². The predicted octanol–water partition coefficient (Wildman–Crippen LogP) is 2.12. The van der Waals surface area contributed by atoms with Crippen LogP contribution in [0.25, 0.3) is 0 Å². The summed E-state index contributed by atoms with van der Waals surface area (Å²) in [5.74, 6) is 0. The van der Waals surface area contributed by atoms with Gasteiger partial charge in [-0.05, 0) is 12.8 Å². The number of alkyl halides is 6. The molecule has 15 heteroatoms. The molecule has 0 aliphatic heterocycles. The van der Waals surface area contributed by atoms with Crippen molar-refractivity contribution >= 4 is 0 Å². The molecular weight excluding hydrogens is 486 g/mol. The number of hydrogen-bond acceptors (Lipinski definition) is 9. The largest absolute Gasteiger partial charge is 0.495 e. The van der Waals surface area contributed by atoms with E-state index in [1.807, 2.05) is 6.92 Å². The van der Waals surface area contributed by atoms with E-state index in [0.717, 1.165) is 6.42 Å². The number of halogens is 6. The summed E-state index contributed by atoms with van der Waals surface area (Å²) in [5, 5.41) is 27.5. The quantitative estimate of drug-likeness (QED) is 0.106. The van der Waals surface area contributed by atoms with E-state index in [9.17, 15) is 36.6 Å². The second-order valence-electron chi connectivity index (χ2n) is 7.19. The number of rotatable bonds is 23. The van der Waals surface area contributed by atoms with E-state index in [2.05, 4.69) is 18.9 Å². The summed E-state index contributed by atoms with van der Waals surface area (Å²) in [4.78, 5) is 0. The SMILES string of the molecule is CCCCC(O)COCC(F)(F)OC(F)(F)OC(F)(F)COCCOCC(O)COCCCO. The number of hydrogen-bond donors (Lipinski definition) is 3. The highest BCUT2D eigenvalue weighted by Crippen LogP contribution is 2.33. The number of aliphatic hydroxyl groups excluding tert-OH is 3. The maximum atomic E-state index is 13.5. The van der Waals surface area contributed by atoms with E-state index in [0.29, 0.717) is 12.8 Å². The van der Waals surface area contributed by atoms with Crippen LogP contribution in [0.1, 0.15) is 32.6 Å². The summed E-state index contributed by atoms with van der Waals surface area (Å²) in [6.45, 7) is -3.14. The molecule has 0 aliphatic rings. The van der Waals surface area contributed by atoms with Crippen LogP contribution in [-0.4, -0.2) is 106 Å². The second kappa shape index (κ2) is 17.6. The molecule has 0 radical (unpaired) electrons. The Bertz CT molecular complexity index is 503. The molecule has 0 saturated heterocycles. The van der Waals surface area contributed by atoms with Gasteiger partial charge < -0.3 is 34.3 Å². The van der Waals surface area contributed by atoms with E-state index in [1.165, 1.54) is 0 Å². The first-order chi connectivity index (χ1) is 15.8. The minimum atomic E-state index is -5.38. The van der Waals surface area contributed by atoms with Gasteiger partial charge in [0.1, 0.15) is 19.3 Å². The zero-order chi connectivity index (χ0) is 26.1. The summed E-state index contributed by atoms with van der Waals surface area (Å²) in [5.41, 5.74) is 0. The van der Waals surface area contributed by atoms with Crippen LogP contribution in [0.5, 0.6) is 0 Å². The minimum absolute atomic E-state index is 0.0720. The normalized spacial score (nSPS) is 15.0. The van der Waals surface area contributed by atoms with Crippen molar-refractivity contribution in [2.75, 3.05) is 59.5 Å². The minimum Gasteiger partial charge on any atom is -0.396 e. The van der Waals surface area contributed by atoms with Gasteiger partial charge in [0.05, 0.1) is 39.1 Å². The molecule has 0 aromatic carbocycles. The van der Waals surface area contributed by atoms with Crippen LogP contribution in [-0.2, 0) is 28.4 Å². The van der Waals surface area contributed by atoms with Crippen molar-refractivity contribution in [3.63, 3.8) is 0 Å². The predicted molar refractivity (Wildman–Crippen MR) is 104 cm³/mol. The van der Waals surface area contributed by atoms with Crippen molar-refractivity contribution in [1.82, 2.24) is 0 Å². The Morgan fingerprint density at radius 3 is 1.74 bits per heavy atom. The zero-order valence-corrected chi connectivity index (χ0v) is 18.9. The third-order valence-corrected chi connectivity index (χ3v) is 3.72. The van der Waals surface area contributed by atoms with Crippen molar-refractivity contribution in [2.45, 2.75) is 63.3 Å². The monoisotopic (exact) mass is 520 g/mol. The Labute approximate surface area is 193 Å². The summed E-state index contributed by atoms with van der Waals surface area (Å²) < 4.78 is 105. The molecule has 0 amide bonds. The van der Waals surface area contributed by atoms with Crippen molar-refractivity contribution in [2.24, 2.45) is 0 Å². The Hall–Kier alpha value is -0.780. The molecule has 0 spiro atoms. The van der Waals surface area contributed by atoms with Crippen LogP contribution in [0.15, 0.2) is 0 Å². The lowest BCUT2D eigenvalue weighted by Crippen LogP contribution is -2.44. The zero-order valence-electron chi connectivity index (χ0n) is 18.9. The van der Waals surface area contributed by atoms with Crippen molar-refractivity contribution in [1.29, 1.82) is 0 Å². The molecule has 34 heavy (non-hydrogen) atoms. The second-order valence-corrected chi connectivity index (χ2v) is 7.19. The molecule has 206 valence electrons. The number of aliphatic hydroxyl groups is 3. The average molecular weight is 520 g/mol. The molecule has 0 heterocycles. The Balaban J connectivity index is 4.14. The van der Waals surface area contributed by atoms with Gasteiger partial charge in [0.2, 0.25) is 0 Å². The smallest absolute Gasteiger partial charge is 0.396 e. The first-order valence-corrected chi connectivity index (χ1v) is 10.6. The van der Waals surface area contributed by atoms with Crippen LogP contribution in [0.2, 0.25) is 0 Å². The molecule has 2 unspecified atom stereocenters. The highest BCUT2D eigenvalue weighted by atomic mass is 19.3. The molecule has 0 fully saturated rings. The molecule has 2 atom stereocenters. The summed E-state index contributed by atoms with van der Waals surface area (Å²) >= 11 is 0. The van der Waals surface area contributed by atoms with Gasteiger partial charge in [-0.1, -0.05) is 19.8 Å². The van der Waals surface area contributed by atoms with E-state index in [4.69, 9.17) is 14.6 Å². The standard InChI is InChI=1S/C19H34F6O9/c1-2-3-5-15(27)10-32-14-18(22,23)34-19(24,25)33-17(20,21)13-31-9-8-30-12-16(28)11-29-7-4-6-26/h15-16,26-28H,2-14H2,1H3. The van der Waals surface area contributed by atoms with Gasteiger partial charge in [0, 0.05) is 13.2 Å². The fourth-order valence-corrected chi connectivity index (χ4v) is 2.23. The lowest BCUT2D eigenvalue weighted by Gasteiger charge is -2.26. The molecule has 0 aliphatic carbocycles. The summed E-state index contributed by atoms with van der Waals surface area (Å²) in [7, 11) is 0. The van der Waals surface area contributed by atoms with E-state index < -0.39 is 57.1 Å². The molecule has 0 aromatic rings. The summed E-state index contributed by atoms with van der Waals surface area (Å²) in [6.07, 6.45) is -14.9. The Morgan fingerprint density at radius 2 is 1.18 bits per heavy atom. The molecule has 0 rings (SSSR count). The molecule has 0 bridgehead atoms. The average Bonchev–Trinajstić information content (AvgIpc) is 2.70. The Morgan fingerprint density at radius 1 is 0.676 bits per heavy atom. The van der Waals surface area contributed by atoms with Crippen molar-refractivity contribution in [3.8, 4) is 0 Å². The Kier molecular flexibility index (Phi) is 17.2.